The van der Waals surface area contributed by atoms with E-state index in [1.54, 1.807) is 4.31 Å². The molecule has 1 atom stereocenters. The zero-order valence-electron chi connectivity index (χ0n) is 9.53. The van der Waals surface area contributed by atoms with Crippen molar-refractivity contribution in [2.75, 3.05) is 12.3 Å². The van der Waals surface area contributed by atoms with E-state index in [-0.39, 0.29) is 6.04 Å². The van der Waals surface area contributed by atoms with Crippen molar-refractivity contribution in [3.8, 4) is 0 Å². The average molecular weight is 219 g/mol. The predicted octanol–water partition coefficient (Wildman–Crippen LogP) is 1.70. The smallest absolute Gasteiger partial charge is 0.212 e. The van der Waals surface area contributed by atoms with E-state index < -0.39 is 10.0 Å². The molecule has 0 radical (unpaired) electrons. The van der Waals surface area contributed by atoms with E-state index >= 15 is 0 Å². The van der Waals surface area contributed by atoms with E-state index in [4.69, 9.17) is 0 Å². The van der Waals surface area contributed by atoms with Gasteiger partial charge < -0.3 is 0 Å². The molecule has 14 heavy (non-hydrogen) atoms. The van der Waals surface area contributed by atoms with Crippen LogP contribution in [-0.2, 0) is 10.0 Å². The molecule has 0 N–H and O–H groups in total. The molecule has 0 aromatic heterocycles. The van der Waals surface area contributed by atoms with Crippen LogP contribution < -0.4 is 0 Å². The molecule has 1 saturated heterocycles. The third kappa shape index (κ3) is 2.48. The molecule has 0 aliphatic carbocycles. The molecule has 1 aliphatic rings. The minimum absolute atomic E-state index is 0.0987. The van der Waals surface area contributed by atoms with E-state index in [9.17, 15) is 8.42 Å². The number of hydrogen-bond acceptors (Lipinski definition) is 2. The Bertz CT molecular complexity index is 282. The highest BCUT2D eigenvalue weighted by Gasteiger charge is 2.34. The van der Waals surface area contributed by atoms with Gasteiger partial charge in [0.1, 0.15) is 0 Å². The van der Waals surface area contributed by atoms with Gasteiger partial charge in [-0.2, -0.15) is 4.31 Å². The topological polar surface area (TPSA) is 37.4 Å². The van der Waals surface area contributed by atoms with Gasteiger partial charge in [-0.05, 0) is 32.1 Å². The van der Waals surface area contributed by atoms with Crippen molar-refractivity contribution < 1.29 is 8.42 Å². The van der Waals surface area contributed by atoms with Crippen LogP contribution >= 0.6 is 0 Å². The second-order valence-corrected chi connectivity index (χ2v) is 6.81. The molecule has 0 saturated carbocycles. The monoisotopic (exact) mass is 219 g/mol. The van der Waals surface area contributed by atoms with Crippen LogP contribution in [0, 0.1) is 11.8 Å². The van der Waals surface area contributed by atoms with Crippen LogP contribution in [0.3, 0.4) is 0 Å². The first-order valence-electron chi connectivity index (χ1n) is 5.34. The fourth-order valence-electron chi connectivity index (χ4n) is 1.93. The normalized spacial score (nSPS) is 28.6. The quantitative estimate of drug-likeness (QED) is 0.709. The van der Waals surface area contributed by atoms with Crippen molar-refractivity contribution in [1.82, 2.24) is 4.31 Å². The first-order chi connectivity index (χ1) is 6.34. The molecule has 84 valence electrons. The highest BCUT2D eigenvalue weighted by Crippen LogP contribution is 2.26. The molecule has 1 fully saturated rings. The van der Waals surface area contributed by atoms with E-state index in [1.807, 2.05) is 13.8 Å². The molecule has 0 amide bonds. The van der Waals surface area contributed by atoms with Crippen molar-refractivity contribution >= 4 is 10.0 Å². The van der Waals surface area contributed by atoms with Crippen molar-refractivity contribution in [2.45, 2.75) is 40.2 Å². The summed E-state index contributed by atoms with van der Waals surface area (Å²) in [6.07, 6.45) is 0.823. The van der Waals surface area contributed by atoms with E-state index in [0.29, 0.717) is 24.1 Å². The van der Waals surface area contributed by atoms with Crippen LogP contribution in [0.15, 0.2) is 0 Å². The summed E-state index contributed by atoms with van der Waals surface area (Å²) >= 11 is 0. The van der Waals surface area contributed by atoms with E-state index in [2.05, 4.69) is 13.8 Å². The molecule has 3 nitrogen and oxygen atoms in total. The van der Waals surface area contributed by atoms with Gasteiger partial charge in [0.25, 0.3) is 0 Å². The van der Waals surface area contributed by atoms with Gasteiger partial charge in [-0.25, -0.2) is 8.42 Å². The third-order valence-electron chi connectivity index (χ3n) is 3.04. The molecule has 0 bridgehead atoms. The summed E-state index contributed by atoms with van der Waals surface area (Å²) in [6, 6.07) is 0.0987. The van der Waals surface area contributed by atoms with Crippen molar-refractivity contribution in [2.24, 2.45) is 11.8 Å². The summed E-state index contributed by atoms with van der Waals surface area (Å²) in [5.41, 5.74) is 0. The zero-order chi connectivity index (χ0) is 10.9. The van der Waals surface area contributed by atoms with Gasteiger partial charge in [0.2, 0.25) is 10.0 Å². The van der Waals surface area contributed by atoms with Gasteiger partial charge >= 0.3 is 0 Å². The lowest BCUT2D eigenvalue weighted by Gasteiger charge is -2.36. The average Bonchev–Trinajstić information content (AvgIpc) is 2.02. The van der Waals surface area contributed by atoms with Gasteiger partial charge in [-0.3, -0.25) is 0 Å². The standard InChI is InChI=1S/C10H21NO2S/c1-8(2)10-5-6-14(12,13)11(7-10)9(3)4/h8-10H,5-7H2,1-4H3. The maximum atomic E-state index is 11.7. The fraction of sp³-hybridized carbons (Fsp3) is 1.00. The van der Waals surface area contributed by atoms with Gasteiger partial charge in [0.05, 0.1) is 5.75 Å². The molecule has 1 unspecified atom stereocenters. The number of hydrogen-bond donors (Lipinski definition) is 0. The Kier molecular flexibility index (Phi) is 3.58. The largest absolute Gasteiger partial charge is 0.214 e. The number of rotatable bonds is 2. The highest BCUT2D eigenvalue weighted by molar-refractivity contribution is 7.89. The molecule has 0 spiro atoms. The van der Waals surface area contributed by atoms with Crippen LogP contribution in [0.4, 0.5) is 0 Å². The molecule has 4 heteroatoms. The second-order valence-electron chi connectivity index (χ2n) is 4.77. The van der Waals surface area contributed by atoms with Gasteiger partial charge in [-0.15, -0.1) is 0 Å². The maximum Gasteiger partial charge on any atom is 0.214 e. The van der Waals surface area contributed by atoms with E-state index in [0.717, 1.165) is 6.42 Å². The van der Waals surface area contributed by atoms with Crippen LogP contribution in [-0.4, -0.2) is 31.1 Å². The Morgan fingerprint density at radius 1 is 1.21 bits per heavy atom. The Labute approximate surface area is 87.5 Å². The summed E-state index contributed by atoms with van der Waals surface area (Å²) in [5.74, 6) is 1.43. The lowest BCUT2D eigenvalue weighted by Crippen LogP contribution is -2.47. The molecule has 1 aliphatic heterocycles. The van der Waals surface area contributed by atoms with Crippen molar-refractivity contribution in [1.29, 1.82) is 0 Å². The lowest BCUT2D eigenvalue weighted by molar-refractivity contribution is 0.233. The van der Waals surface area contributed by atoms with Crippen LogP contribution in [0.2, 0.25) is 0 Å². The molecule has 1 rings (SSSR count). The third-order valence-corrected chi connectivity index (χ3v) is 5.07. The Morgan fingerprint density at radius 3 is 2.21 bits per heavy atom. The van der Waals surface area contributed by atoms with Crippen molar-refractivity contribution in [3.05, 3.63) is 0 Å². The molecule has 0 aromatic rings. The maximum absolute atomic E-state index is 11.7. The summed E-state index contributed by atoms with van der Waals surface area (Å²) in [4.78, 5) is 0. The van der Waals surface area contributed by atoms with Crippen molar-refractivity contribution in [3.63, 3.8) is 0 Å². The lowest BCUT2D eigenvalue weighted by atomic mass is 9.93. The van der Waals surface area contributed by atoms with Gasteiger partial charge in [0.15, 0.2) is 0 Å². The molecular weight excluding hydrogens is 198 g/mol. The summed E-state index contributed by atoms with van der Waals surface area (Å²) in [6.45, 7) is 8.93. The zero-order valence-corrected chi connectivity index (χ0v) is 10.3. The van der Waals surface area contributed by atoms with Crippen LogP contribution in [0.5, 0.6) is 0 Å². The fourth-order valence-corrected chi connectivity index (χ4v) is 3.83. The van der Waals surface area contributed by atoms with Gasteiger partial charge in [0, 0.05) is 12.6 Å². The number of nitrogens with zero attached hydrogens (tertiary/aromatic N) is 1. The minimum Gasteiger partial charge on any atom is -0.212 e. The first kappa shape index (κ1) is 12.0. The minimum atomic E-state index is -2.96. The molecule has 0 aromatic carbocycles. The van der Waals surface area contributed by atoms with Crippen LogP contribution in [0.1, 0.15) is 34.1 Å². The second kappa shape index (κ2) is 4.19. The molecule has 1 heterocycles. The summed E-state index contributed by atoms with van der Waals surface area (Å²) in [5, 5.41) is 0. The highest BCUT2D eigenvalue weighted by atomic mass is 32.2. The van der Waals surface area contributed by atoms with Crippen LogP contribution in [0.25, 0.3) is 0 Å². The predicted molar refractivity (Wildman–Crippen MR) is 58.6 cm³/mol. The summed E-state index contributed by atoms with van der Waals surface area (Å²) < 4.78 is 25.1. The Hall–Kier alpha value is -0.0900. The SMILES string of the molecule is CC(C)C1CCS(=O)(=O)N(C(C)C)C1. The number of sulfonamides is 1. The van der Waals surface area contributed by atoms with E-state index in [1.165, 1.54) is 0 Å². The Morgan fingerprint density at radius 2 is 1.79 bits per heavy atom. The molecular formula is C10H21NO2S. The first-order valence-corrected chi connectivity index (χ1v) is 6.95. The Balaban J connectivity index is 2.78. The summed E-state index contributed by atoms with van der Waals surface area (Å²) in [7, 11) is -2.96. The van der Waals surface area contributed by atoms with Gasteiger partial charge in [-0.1, -0.05) is 13.8 Å².